The van der Waals surface area contributed by atoms with E-state index >= 15 is 0 Å². The van der Waals surface area contributed by atoms with Crippen molar-refractivity contribution >= 4 is 11.8 Å². The summed E-state index contributed by atoms with van der Waals surface area (Å²) >= 11 is 0. The number of hydrogen-bond donors (Lipinski definition) is 2. The van der Waals surface area contributed by atoms with Gasteiger partial charge in [-0.2, -0.15) is 0 Å². The zero-order chi connectivity index (χ0) is 18.6. The number of ketones is 1. The molecule has 0 fully saturated rings. The Morgan fingerprint density at radius 3 is 2.24 bits per heavy atom. The third-order valence-corrected chi connectivity index (χ3v) is 4.11. The van der Waals surface area contributed by atoms with E-state index in [-0.39, 0.29) is 28.9 Å². The summed E-state index contributed by atoms with van der Waals surface area (Å²) < 4.78 is 0. The SMILES string of the molecule is CC(C)(C)c1cc(CCCC(=O)O)cc(C(=O)c2ccccc2)c1O. The van der Waals surface area contributed by atoms with E-state index in [0.717, 1.165) is 5.56 Å². The highest BCUT2D eigenvalue weighted by Crippen LogP contribution is 2.35. The van der Waals surface area contributed by atoms with Crippen LogP contribution < -0.4 is 0 Å². The molecule has 0 unspecified atom stereocenters. The van der Waals surface area contributed by atoms with Gasteiger partial charge in [-0.05, 0) is 29.9 Å². The lowest BCUT2D eigenvalue weighted by atomic mass is 9.82. The molecule has 0 aliphatic heterocycles. The molecule has 0 heterocycles. The van der Waals surface area contributed by atoms with Crippen molar-refractivity contribution in [2.45, 2.75) is 45.4 Å². The van der Waals surface area contributed by atoms with Crippen molar-refractivity contribution in [2.75, 3.05) is 0 Å². The van der Waals surface area contributed by atoms with Gasteiger partial charge in [0.05, 0.1) is 5.56 Å². The lowest BCUT2D eigenvalue weighted by Crippen LogP contribution is -2.14. The number of phenolic OH excluding ortho intramolecular Hbond substituents is 1. The van der Waals surface area contributed by atoms with Gasteiger partial charge >= 0.3 is 5.97 Å². The fraction of sp³-hybridized carbons (Fsp3) is 0.333. The molecule has 25 heavy (non-hydrogen) atoms. The average Bonchev–Trinajstić information content (AvgIpc) is 2.55. The normalized spacial score (nSPS) is 11.3. The molecule has 0 aliphatic carbocycles. The van der Waals surface area contributed by atoms with Crippen molar-refractivity contribution in [3.8, 4) is 5.75 Å². The van der Waals surface area contributed by atoms with Crippen LogP contribution in [0.1, 0.15) is 60.7 Å². The lowest BCUT2D eigenvalue weighted by Gasteiger charge is -2.23. The number of aliphatic carboxylic acids is 1. The standard InChI is InChI=1S/C21H24O4/c1-21(2,3)17-13-14(8-7-11-18(22)23)12-16(20(17)25)19(24)15-9-5-4-6-10-15/h4-6,9-10,12-13,25H,7-8,11H2,1-3H3,(H,22,23). The Hall–Kier alpha value is -2.62. The van der Waals surface area contributed by atoms with Crippen LogP contribution >= 0.6 is 0 Å². The molecule has 0 saturated carbocycles. The van der Waals surface area contributed by atoms with Gasteiger partial charge < -0.3 is 10.2 Å². The quantitative estimate of drug-likeness (QED) is 0.768. The second-order valence-electron chi connectivity index (χ2n) is 7.23. The fourth-order valence-electron chi connectivity index (χ4n) is 2.77. The summed E-state index contributed by atoms with van der Waals surface area (Å²) in [6.45, 7) is 5.92. The molecule has 4 nitrogen and oxygen atoms in total. The Balaban J connectivity index is 2.46. The van der Waals surface area contributed by atoms with Gasteiger partial charge in [-0.3, -0.25) is 9.59 Å². The van der Waals surface area contributed by atoms with Crippen LogP contribution in [0.4, 0.5) is 0 Å². The van der Waals surface area contributed by atoms with Crippen molar-refractivity contribution in [1.82, 2.24) is 0 Å². The molecule has 0 amide bonds. The zero-order valence-corrected chi connectivity index (χ0v) is 14.9. The number of carbonyl (C=O) groups excluding carboxylic acids is 1. The first kappa shape index (κ1) is 18.7. The predicted molar refractivity (Wildman–Crippen MR) is 97.3 cm³/mol. The Kier molecular flexibility index (Phi) is 5.62. The number of aryl methyl sites for hydroxylation is 1. The van der Waals surface area contributed by atoms with Gasteiger partial charge in [0.2, 0.25) is 0 Å². The van der Waals surface area contributed by atoms with E-state index in [1.165, 1.54) is 0 Å². The molecule has 0 aromatic heterocycles. The predicted octanol–water partition coefficient (Wildman–Crippen LogP) is 4.33. The minimum atomic E-state index is -0.838. The van der Waals surface area contributed by atoms with E-state index < -0.39 is 5.97 Å². The molecule has 0 spiro atoms. The second-order valence-corrected chi connectivity index (χ2v) is 7.23. The number of aromatic hydroxyl groups is 1. The summed E-state index contributed by atoms with van der Waals surface area (Å²) in [5, 5.41) is 19.5. The minimum Gasteiger partial charge on any atom is -0.507 e. The number of carboxylic acids is 1. The van der Waals surface area contributed by atoms with Crippen LogP contribution in [0, 0.1) is 0 Å². The van der Waals surface area contributed by atoms with Crippen molar-refractivity contribution in [2.24, 2.45) is 0 Å². The molecular weight excluding hydrogens is 316 g/mol. The van der Waals surface area contributed by atoms with E-state index in [0.29, 0.717) is 24.0 Å². The molecule has 2 aromatic rings. The molecule has 4 heteroatoms. The Morgan fingerprint density at radius 1 is 1.04 bits per heavy atom. The van der Waals surface area contributed by atoms with Gasteiger partial charge in [0.15, 0.2) is 5.78 Å². The molecular formula is C21H24O4. The monoisotopic (exact) mass is 340 g/mol. The van der Waals surface area contributed by atoms with Crippen molar-refractivity contribution in [3.05, 3.63) is 64.7 Å². The smallest absolute Gasteiger partial charge is 0.303 e. The summed E-state index contributed by atoms with van der Waals surface area (Å²) in [5.74, 6) is -1.07. The molecule has 0 saturated heterocycles. The van der Waals surface area contributed by atoms with Crippen LogP contribution in [0.5, 0.6) is 5.75 Å². The molecule has 2 rings (SSSR count). The van der Waals surface area contributed by atoms with Crippen molar-refractivity contribution in [1.29, 1.82) is 0 Å². The van der Waals surface area contributed by atoms with Crippen molar-refractivity contribution < 1.29 is 19.8 Å². The lowest BCUT2D eigenvalue weighted by molar-refractivity contribution is -0.137. The molecule has 0 atom stereocenters. The van der Waals surface area contributed by atoms with Crippen LogP contribution in [0.15, 0.2) is 42.5 Å². The molecule has 2 N–H and O–H groups in total. The van der Waals surface area contributed by atoms with Gasteiger partial charge in [0.1, 0.15) is 5.75 Å². The van der Waals surface area contributed by atoms with Crippen LogP contribution in [0.25, 0.3) is 0 Å². The third kappa shape index (κ3) is 4.69. The zero-order valence-electron chi connectivity index (χ0n) is 14.9. The third-order valence-electron chi connectivity index (χ3n) is 4.11. The number of carboxylic acid groups (broad SMARTS) is 1. The summed E-state index contributed by atoms with van der Waals surface area (Å²) in [6.07, 6.45) is 1.11. The van der Waals surface area contributed by atoms with Crippen LogP contribution in [0.3, 0.4) is 0 Å². The highest BCUT2D eigenvalue weighted by Gasteiger charge is 2.24. The van der Waals surface area contributed by atoms with Gasteiger partial charge in [0, 0.05) is 17.5 Å². The first-order valence-electron chi connectivity index (χ1n) is 8.38. The highest BCUT2D eigenvalue weighted by atomic mass is 16.4. The fourth-order valence-corrected chi connectivity index (χ4v) is 2.77. The topological polar surface area (TPSA) is 74.6 Å². The number of phenols is 1. The first-order chi connectivity index (χ1) is 11.7. The molecule has 0 aliphatic rings. The number of carbonyl (C=O) groups is 2. The van der Waals surface area contributed by atoms with E-state index in [1.807, 2.05) is 32.9 Å². The summed E-state index contributed by atoms with van der Waals surface area (Å²) in [6, 6.07) is 12.4. The maximum absolute atomic E-state index is 12.8. The molecule has 2 aromatic carbocycles. The van der Waals surface area contributed by atoms with Crippen LogP contribution in [-0.2, 0) is 16.6 Å². The van der Waals surface area contributed by atoms with Gasteiger partial charge in [0.25, 0.3) is 0 Å². The summed E-state index contributed by atoms with van der Waals surface area (Å²) in [4.78, 5) is 23.6. The summed E-state index contributed by atoms with van der Waals surface area (Å²) in [5.41, 5.74) is 2.01. The number of rotatable bonds is 6. The van der Waals surface area contributed by atoms with Gasteiger partial charge in [-0.1, -0.05) is 57.2 Å². The van der Waals surface area contributed by atoms with E-state index in [2.05, 4.69) is 0 Å². The average molecular weight is 340 g/mol. The minimum absolute atomic E-state index is 0.00309. The second kappa shape index (κ2) is 7.51. The molecule has 132 valence electrons. The Bertz CT molecular complexity index is 770. The maximum Gasteiger partial charge on any atom is 0.303 e. The van der Waals surface area contributed by atoms with E-state index in [1.54, 1.807) is 30.3 Å². The van der Waals surface area contributed by atoms with E-state index in [9.17, 15) is 14.7 Å². The summed E-state index contributed by atoms with van der Waals surface area (Å²) in [7, 11) is 0. The van der Waals surface area contributed by atoms with Gasteiger partial charge in [-0.25, -0.2) is 0 Å². The first-order valence-corrected chi connectivity index (χ1v) is 8.38. The van der Waals surface area contributed by atoms with E-state index in [4.69, 9.17) is 5.11 Å². The largest absolute Gasteiger partial charge is 0.507 e. The van der Waals surface area contributed by atoms with Gasteiger partial charge in [-0.15, -0.1) is 0 Å². The highest BCUT2D eigenvalue weighted by molar-refractivity contribution is 6.11. The maximum atomic E-state index is 12.8. The van der Waals surface area contributed by atoms with Crippen LogP contribution in [-0.4, -0.2) is 22.0 Å². The van der Waals surface area contributed by atoms with Crippen LogP contribution in [0.2, 0.25) is 0 Å². The van der Waals surface area contributed by atoms with Crippen molar-refractivity contribution in [3.63, 3.8) is 0 Å². The molecule has 0 radical (unpaired) electrons. The number of hydrogen-bond acceptors (Lipinski definition) is 3. The Morgan fingerprint density at radius 2 is 1.68 bits per heavy atom. The molecule has 0 bridgehead atoms. The Labute approximate surface area is 148 Å². The number of benzene rings is 2.